The highest BCUT2D eigenvalue weighted by Gasteiger charge is 2.20. The predicted molar refractivity (Wildman–Crippen MR) is 83.3 cm³/mol. The van der Waals surface area contributed by atoms with E-state index in [1.165, 1.54) is 12.1 Å². The van der Waals surface area contributed by atoms with Crippen molar-refractivity contribution in [3.63, 3.8) is 0 Å². The molecule has 0 aliphatic heterocycles. The van der Waals surface area contributed by atoms with Crippen LogP contribution in [0.1, 0.15) is 5.56 Å². The normalized spacial score (nSPS) is 11.7. The van der Waals surface area contributed by atoms with Crippen LogP contribution in [0.3, 0.4) is 0 Å². The first-order valence-electron chi connectivity index (χ1n) is 6.76. The molecule has 0 aromatic heterocycles. The summed E-state index contributed by atoms with van der Waals surface area (Å²) in [5.41, 5.74) is 7.08. The lowest BCUT2D eigenvalue weighted by Gasteiger charge is -2.17. The third kappa shape index (κ3) is 4.13. The van der Waals surface area contributed by atoms with E-state index in [1.807, 2.05) is 30.3 Å². The molecule has 2 rings (SSSR count). The first kappa shape index (κ1) is 15.7. The van der Waals surface area contributed by atoms with Crippen LogP contribution in [0.25, 0.3) is 0 Å². The first-order valence-corrected chi connectivity index (χ1v) is 6.76. The fourth-order valence-electron chi connectivity index (χ4n) is 1.87. The van der Waals surface area contributed by atoms with E-state index in [1.54, 1.807) is 6.07 Å². The average Bonchev–Trinajstić information content (AvgIpc) is 2.53. The van der Waals surface area contributed by atoms with Gasteiger partial charge in [-0.05, 0) is 17.7 Å². The molecule has 0 radical (unpaired) electrons. The van der Waals surface area contributed by atoms with Crippen LogP contribution in [0.15, 0.2) is 48.5 Å². The summed E-state index contributed by atoms with van der Waals surface area (Å²) in [6.45, 7) is -0.344. The third-order valence-electron chi connectivity index (χ3n) is 3.04. The van der Waals surface area contributed by atoms with Crippen molar-refractivity contribution in [3.05, 3.63) is 54.1 Å². The minimum atomic E-state index is -0.974. The SMILES string of the molecule is Nc1ccc(NC(CO)C(=O)OCc2ccccc2)c(O)c1. The second kappa shape index (κ2) is 7.33. The third-order valence-corrected chi connectivity index (χ3v) is 3.04. The number of aliphatic hydroxyl groups is 1. The van der Waals surface area contributed by atoms with E-state index in [0.29, 0.717) is 11.4 Å². The molecule has 0 aliphatic rings. The lowest BCUT2D eigenvalue weighted by Crippen LogP contribution is -2.34. The minimum absolute atomic E-state index is 0.102. The number of carbonyl (C=O) groups excluding carboxylic acids is 1. The number of hydrogen-bond donors (Lipinski definition) is 4. The van der Waals surface area contributed by atoms with Crippen LogP contribution in [0.5, 0.6) is 5.75 Å². The van der Waals surface area contributed by atoms with Gasteiger partial charge >= 0.3 is 5.97 Å². The number of nitrogen functional groups attached to an aromatic ring is 1. The summed E-state index contributed by atoms with van der Waals surface area (Å²) in [6, 6.07) is 12.7. The van der Waals surface area contributed by atoms with Gasteiger partial charge < -0.3 is 26.0 Å². The fraction of sp³-hybridized carbons (Fsp3) is 0.188. The highest BCUT2D eigenvalue weighted by molar-refractivity contribution is 5.80. The van der Waals surface area contributed by atoms with E-state index >= 15 is 0 Å². The lowest BCUT2D eigenvalue weighted by molar-refractivity contribution is -0.146. The Kier molecular flexibility index (Phi) is 5.21. The number of ether oxygens (including phenoxy) is 1. The highest BCUT2D eigenvalue weighted by Crippen LogP contribution is 2.26. The Hall–Kier alpha value is -2.73. The molecule has 0 bridgehead atoms. The topological polar surface area (TPSA) is 105 Å². The number of benzene rings is 2. The number of phenolic OH excluding ortho intramolecular Hbond substituents is 1. The van der Waals surface area contributed by atoms with Gasteiger partial charge in [0, 0.05) is 11.8 Å². The summed E-state index contributed by atoms with van der Waals surface area (Å²) in [6.07, 6.45) is 0. The molecule has 6 heteroatoms. The maximum absolute atomic E-state index is 12.0. The van der Waals surface area contributed by atoms with Gasteiger partial charge in [0.2, 0.25) is 0 Å². The monoisotopic (exact) mass is 302 g/mol. The number of esters is 1. The van der Waals surface area contributed by atoms with Crippen LogP contribution in [0, 0.1) is 0 Å². The Balaban J connectivity index is 1.97. The molecule has 0 heterocycles. The van der Waals surface area contributed by atoms with Crippen LogP contribution in [-0.2, 0) is 16.1 Å². The summed E-state index contributed by atoms with van der Waals surface area (Å²) in [5, 5.41) is 21.8. The Labute approximate surface area is 128 Å². The number of aromatic hydroxyl groups is 1. The van der Waals surface area contributed by atoms with Gasteiger partial charge in [0.25, 0.3) is 0 Å². The standard InChI is InChI=1S/C16H18N2O4/c17-12-6-7-13(15(20)8-12)18-14(9-19)16(21)22-10-11-4-2-1-3-5-11/h1-8,14,18-20H,9-10,17H2. The second-order valence-electron chi connectivity index (χ2n) is 4.75. The zero-order chi connectivity index (χ0) is 15.9. The predicted octanol–water partition coefficient (Wildman–Crippen LogP) is 1.49. The van der Waals surface area contributed by atoms with E-state index in [-0.39, 0.29) is 12.4 Å². The molecular formula is C16H18N2O4. The Morgan fingerprint density at radius 2 is 1.95 bits per heavy atom. The molecule has 5 N–H and O–H groups in total. The number of nitrogens with one attached hydrogen (secondary N) is 1. The summed E-state index contributed by atoms with van der Waals surface area (Å²) in [5.74, 6) is -0.711. The number of rotatable bonds is 6. The summed E-state index contributed by atoms with van der Waals surface area (Å²) in [7, 11) is 0. The number of nitrogens with two attached hydrogens (primary N) is 1. The van der Waals surface area contributed by atoms with Crippen molar-refractivity contribution >= 4 is 17.3 Å². The molecule has 1 unspecified atom stereocenters. The smallest absolute Gasteiger partial charge is 0.331 e. The summed E-state index contributed by atoms with van der Waals surface area (Å²) >= 11 is 0. The minimum Gasteiger partial charge on any atom is -0.506 e. The van der Waals surface area contributed by atoms with Gasteiger partial charge in [-0.25, -0.2) is 4.79 Å². The Morgan fingerprint density at radius 1 is 1.23 bits per heavy atom. The zero-order valence-corrected chi connectivity index (χ0v) is 11.9. The molecule has 0 spiro atoms. The number of carbonyl (C=O) groups is 1. The molecule has 6 nitrogen and oxygen atoms in total. The summed E-state index contributed by atoms with van der Waals surface area (Å²) in [4.78, 5) is 12.0. The van der Waals surface area contributed by atoms with Crippen molar-refractivity contribution in [1.82, 2.24) is 0 Å². The molecule has 0 aliphatic carbocycles. The van der Waals surface area contributed by atoms with Crippen LogP contribution in [0.2, 0.25) is 0 Å². The molecule has 116 valence electrons. The second-order valence-corrected chi connectivity index (χ2v) is 4.75. The fourth-order valence-corrected chi connectivity index (χ4v) is 1.87. The van der Waals surface area contributed by atoms with Crippen molar-refractivity contribution in [2.45, 2.75) is 12.6 Å². The van der Waals surface area contributed by atoms with Crippen molar-refractivity contribution in [2.75, 3.05) is 17.7 Å². The molecule has 0 saturated heterocycles. The van der Waals surface area contributed by atoms with E-state index in [4.69, 9.17) is 10.5 Å². The maximum Gasteiger partial charge on any atom is 0.331 e. The maximum atomic E-state index is 12.0. The van der Waals surface area contributed by atoms with Gasteiger partial charge in [-0.2, -0.15) is 0 Å². The van der Waals surface area contributed by atoms with Crippen LogP contribution in [0.4, 0.5) is 11.4 Å². The van der Waals surface area contributed by atoms with E-state index in [2.05, 4.69) is 5.32 Å². The molecule has 2 aromatic carbocycles. The molecule has 0 saturated carbocycles. The molecule has 22 heavy (non-hydrogen) atoms. The number of hydrogen-bond acceptors (Lipinski definition) is 6. The van der Waals surface area contributed by atoms with Crippen LogP contribution < -0.4 is 11.1 Å². The summed E-state index contributed by atoms with van der Waals surface area (Å²) < 4.78 is 5.15. The van der Waals surface area contributed by atoms with Gasteiger partial charge in [-0.15, -0.1) is 0 Å². The van der Waals surface area contributed by atoms with E-state index in [9.17, 15) is 15.0 Å². The zero-order valence-electron chi connectivity index (χ0n) is 11.9. The first-order chi connectivity index (χ1) is 10.6. The average molecular weight is 302 g/mol. The molecule has 0 fully saturated rings. The number of phenols is 1. The van der Waals surface area contributed by atoms with E-state index < -0.39 is 18.6 Å². The van der Waals surface area contributed by atoms with Crippen LogP contribution in [-0.4, -0.2) is 28.8 Å². The van der Waals surface area contributed by atoms with Gasteiger partial charge in [-0.3, -0.25) is 0 Å². The van der Waals surface area contributed by atoms with Crippen LogP contribution >= 0.6 is 0 Å². The van der Waals surface area contributed by atoms with Gasteiger partial charge in [0.15, 0.2) is 0 Å². The largest absolute Gasteiger partial charge is 0.506 e. The van der Waals surface area contributed by atoms with Gasteiger partial charge in [-0.1, -0.05) is 30.3 Å². The number of aliphatic hydroxyl groups excluding tert-OH is 1. The van der Waals surface area contributed by atoms with Gasteiger partial charge in [0.1, 0.15) is 18.4 Å². The number of anilines is 2. The van der Waals surface area contributed by atoms with E-state index in [0.717, 1.165) is 5.56 Å². The molecule has 1 atom stereocenters. The quantitative estimate of drug-likeness (QED) is 0.366. The molecular weight excluding hydrogens is 284 g/mol. The Bertz CT molecular complexity index is 631. The van der Waals surface area contributed by atoms with Crippen molar-refractivity contribution in [3.8, 4) is 5.75 Å². The van der Waals surface area contributed by atoms with Crippen molar-refractivity contribution < 1.29 is 19.7 Å². The lowest BCUT2D eigenvalue weighted by atomic mass is 10.2. The Morgan fingerprint density at radius 3 is 2.59 bits per heavy atom. The highest BCUT2D eigenvalue weighted by atomic mass is 16.5. The van der Waals surface area contributed by atoms with Crippen molar-refractivity contribution in [1.29, 1.82) is 0 Å². The molecule has 2 aromatic rings. The van der Waals surface area contributed by atoms with Crippen molar-refractivity contribution in [2.24, 2.45) is 0 Å². The van der Waals surface area contributed by atoms with Gasteiger partial charge in [0.05, 0.1) is 12.3 Å². The molecule has 0 amide bonds.